The van der Waals surface area contributed by atoms with E-state index in [-0.39, 0.29) is 5.82 Å². The highest BCUT2D eigenvalue weighted by molar-refractivity contribution is 5.57. The lowest BCUT2D eigenvalue weighted by atomic mass is 9.96. The number of anilines is 1. The van der Waals surface area contributed by atoms with Crippen LogP contribution in [-0.2, 0) is 11.3 Å². The van der Waals surface area contributed by atoms with Crippen LogP contribution in [0.3, 0.4) is 0 Å². The Labute approximate surface area is 142 Å². The predicted molar refractivity (Wildman–Crippen MR) is 97.6 cm³/mol. The third-order valence-electron chi connectivity index (χ3n) is 4.33. The molecule has 1 aromatic rings. The Morgan fingerprint density at radius 2 is 1.87 bits per heavy atom. The van der Waals surface area contributed by atoms with Crippen LogP contribution in [0.2, 0.25) is 0 Å². The number of hydrogen-bond acceptors (Lipinski definition) is 2. The first kappa shape index (κ1) is 20.0. The summed E-state index contributed by atoms with van der Waals surface area (Å²) in [5.74, 6) is 0.469. The van der Waals surface area contributed by atoms with Crippen LogP contribution in [0.4, 0.5) is 10.1 Å². The van der Waals surface area contributed by atoms with Gasteiger partial charge in [0.15, 0.2) is 0 Å². The topological polar surface area (TPSA) is 12.5 Å². The first-order valence-corrected chi connectivity index (χ1v) is 8.99. The lowest BCUT2D eigenvalue weighted by molar-refractivity contribution is 0.184. The monoisotopic (exact) mass is 323 g/mol. The summed E-state index contributed by atoms with van der Waals surface area (Å²) in [6, 6.07) is 3.77. The number of ether oxygens (including phenoxy) is 1. The molecule has 0 radical (unpaired) electrons. The Balaban J connectivity index is 3.26. The molecule has 2 nitrogen and oxygen atoms in total. The van der Waals surface area contributed by atoms with Crippen molar-refractivity contribution in [3.8, 4) is 0 Å². The van der Waals surface area contributed by atoms with Crippen molar-refractivity contribution in [2.45, 2.75) is 73.0 Å². The van der Waals surface area contributed by atoms with Gasteiger partial charge in [0.25, 0.3) is 0 Å². The van der Waals surface area contributed by atoms with Crippen molar-refractivity contribution >= 4 is 5.69 Å². The molecule has 1 unspecified atom stereocenters. The second-order valence-electron chi connectivity index (χ2n) is 6.91. The van der Waals surface area contributed by atoms with E-state index < -0.39 is 0 Å². The summed E-state index contributed by atoms with van der Waals surface area (Å²) in [4.78, 5) is 2.43. The van der Waals surface area contributed by atoms with Gasteiger partial charge in [0, 0.05) is 25.4 Å². The Bertz CT molecular complexity index is 473. The Morgan fingerprint density at radius 3 is 2.39 bits per heavy atom. The number of halogens is 1. The van der Waals surface area contributed by atoms with Crippen LogP contribution in [0.25, 0.3) is 0 Å². The summed E-state index contributed by atoms with van der Waals surface area (Å²) < 4.78 is 19.4. The standard InChI is InChI=1S/C20H34FNO/c1-7-9-19(11-15(3)4)22(10-8-2)20-13-18(21)12-17(14-23-6)16(20)5/h12-13,15,19H,7-11,14H2,1-6H3. The smallest absolute Gasteiger partial charge is 0.125 e. The molecule has 0 aromatic heterocycles. The summed E-state index contributed by atoms with van der Waals surface area (Å²) in [5.41, 5.74) is 3.13. The van der Waals surface area contributed by atoms with Crippen molar-refractivity contribution < 1.29 is 9.13 Å². The Kier molecular flexibility index (Phi) is 8.60. The van der Waals surface area contributed by atoms with Crippen LogP contribution >= 0.6 is 0 Å². The molecular formula is C20H34FNO. The largest absolute Gasteiger partial charge is 0.380 e. The van der Waals surface area contributed by atoms with Gasteiger partial charge in [-0.15, -0.1) is 0 Å². The molecule has 1 atom stereocenters. The van der Waals surface area contributed by atoms with E-state index in [0.717, 1.165) is 49.0 Å². The van der Waals surface area contributed by atoms with Gasteiger partial charge in [0.05, 0.1) is 6.61 Å². The fourth-order valence-corrected chi connectivity index (χ4v) is 3.34. The molecule has 1 aromatic carbocycles. The number of hydrogen-bond donors (Lipinski definition) is 0. The molecule has 0 aliphatic carbocycles. The molecule has 0 N–H and O–H groups in total. The SMILES string of the molecule is CCCC(CC(C)C)N(CCC)c1cc(F)cc(COC)c1C. The van der Waals surface area contributed by atoms with Crippen molar-refractivity contribution in [2.24, 2.45) is 5.92 Å². The molecule has 0 saturated heterocycles. The van der Waals surface area contributed by atoms with E-state index in [2.05, 4.69) is 39.5 Å². The van der Waals surface area contributed by atoms with E-state index in [1.807, 2.05) is 0 Å². The van der Waals surface area contributed by atoms with Crippen LogP contribution in [-0.4, -0.2) is 19.7 Å². The second-order valence-corrected chi connectivity index (χ2v) is 6.91. The Hall–Kier alpha value is -1.09. The fourth-order valence-electron chi connectivity index (χ4n) is 3.34. The van der Waals surface area contributed by atoms with Crippen LogP contribution in [0.5, 0.6) is 0 Å². The van der Waals surface area contributed by atoms with Crippen molar-refractivity contribution in [3.05, 3.63) is 29.1 Å². The zero-order valence-electron chi connectivity index (χ0n) is 15.8. The van der Waals surface area contributed by atoms with Gasteiger partial charge in [0.2, 0.25) is 0 Å². The highest BCUT2D eigenvalue weighted by Gasteiger charge is 2.22. The van der Waals surface area contributed by atoms with E-state index in [4.69, 9.17) is 4.74 Å². The number of nitrogens with zero attached hydrogens (tertiary/aromatic N) is 1. The van der Waals surface area contributed by atoms with Gasteiger partial charge in [-0.1, -0.05) is 34.1 Å². The van der Waals surface area contributed by atoms with E-state index in [1.54, 1.807) is 19.2 Å². The fraction of sp³-hybridized carbons (Fsp3) is 0.700. The molecule has 0 fully saturated rings. The van der Waals surface area contributed by atoms with Crippen molar-refractivity contribution in [1.82, 2.24) is 0 Å². The van der Waals surface area contributed by atoms with E-state index in [9.17, 15) is 4.39 Å². The average Bonchev–Trinajstić information content (AvgIpc) is 2.48. The predicted octanol–water partition coefficient (Wildman–Crippen LogP) is 5.71. The summed E-state index contributed by atoms with van der Waals surface area (Å²) in [6.45, 7) is 12.5. The van der Waals surface area contributed by atoms with Gasteiger partial charge in [-0.3, -0.25) is 0 Å². The molecular weight excluding hydrogens is 289 g/mol. The number of methoxy groups -OCH3 is 1. The van der Waals surface area contributed by atoms with Gasteiger partial charge >= 0.3 is 0 Å². The Morgan fingerprint density at radius 1 is 1.17 bits per heavy atom. The summed E-state index contributed by atoms with van der Waals surface area (Å²) in [7, 11) is 1.66. The minimum Gasteiger partial charge on any atom is -0.380 e. The third kappa shape index (κ3) is 5.80. The molecule has 132 valence electrons. The van der Waals surface area contributed by atoms with E-state index >= 15 is 0 Å². The third-order valence-corrected chi connectivity index (χ3v) is 4.33. The molecule has 0 spiro atoms. The highest BCUT2D eigenvalue weighted by atomic mass is 19.1. The molecule has 0 aliphatic heterocycles. The summed E-state index contributed by atoms with van der Waals surface area (Å²) in [5, 5.41) is 0. The van der Waals surface area contributed by atoms with Gasteiger partial charge in [-0.2, -0.15) is 0 Å². The van der Waals surface area contributed by atoms with Crippen LogP contribution < -0.4 is 4.90 Å². The average molecular weight is 323 g/mol. The van der Waals surface area contributed by atoms with Gasteiger partial charge in [-0.25, -0.2) is 4.39 Å². The number of benzene rings is 1. The van der Waals surface area contributed by atoms with Crippen molar-refractivity contribution in [1.29, 1.82) is 0 Å². The molecule has 0 aliphatic rings. The van der Waals surface area contributed by atoms with Crippen molar-refractivity contribution in [2.75, 3.05) is 18.6 Å². The van der Waals surface area contributed by atoms with Gasteiger partial charge in [0.1, 0.15) is 5.82 Å². The highest BCUT2D eigenvalue weighted by Crippen LogP contribution is 2.30. The molecule has 1 rings (SSSR count). The maximum atomic E-state index is 14.2. The number of rotatable bonds is 10. The molecule has 3 heteroatoms. The first-order chi connectivity index (χ1) is 10.9. The van der Waals surface area contributed by atoms with Crippen LogP contribution in [0, 0.1) is 18.7 Å². The summed E-state index contributed by atoms with van der Waals surface area (Å²) in [6.07, 6.45) is 4.50. The zero-order chi connectivity index (χ0) is 17.4. The lowest BCUT2D eigenvalue weighted by Gasteiger charge is -2.36. The van der Waals surface area contributed by atoms with E-state index in [1.165, 1.54) is 0 Å². The second kappa shape index (κ2) is 9.92. The minimum absolute atomic E-state index is 0.168. The maximum absolute atomic E-state index is 14.2. The maximum Gasteiger partial charge on any atom is 0.125 e. The van der Waals surface area contributed by atoms with Gasteiger partial charge < -0.3 is 9.64 Å². The van der Waals surface area contributed by atoms with Gasteiger partial charge in [-0.05, 0) is 55.4 Å². The van der Waals surface area contributed by atoms with Crippen LogP contribution in [0.1, 0.15) is 64.5 Å². The zero-order valence-corrected chi connectivity index (χ0v) is 15.8. The van der Waals surface area contributed by atoms with Crippen molar-refractivity contribution in [3.63, 3.8) is 0 Å². The molecule has 0 amide bonds. The molecule has 23 heavy (non-hydrogen) atoms. The van der Waals surface area contributed by atoms with E-state index in [0.29, 0.717) is 18.6 Å². The molecule has 0 saturated carbocycles. The normalized spacial score (nSPS) is 12.7. The lowest BCUT2D eigenvalue weighted by Crippen LogP contribution is -2.37. The first-order valence-electron chi connectivity index (χ1n) is 8.99. The minimum atomic E-state index is -0.168. The quantitative estimate of drug-likeness (QED) is 0.546. The van der Waals surface area contributed by atoms with Crippen LogP contribution in [0.15, 0.2) is 12.1 Å². The molecule has 0 heterocycles. The molecule has 0 bridgehead atoms. The summed E-state index contributed by atoms with van der Waals surface area (Å²) >= 11 is 0.